The van der Waals surface area contributed by atoms with Gasteiger partial charge in [-0.15, -0.1) is 0 Å². The van der Waals surface area contributed by atoms with E-state index in [4.69, 9.17) is 21.1 Å². The van der Waals surface area contributed by atoms with Gasteiger partial charge in [0.05, 0.1) is 6.61 Å². The first-order valence-electron chi connectivity index (χ1n) is 7.04. The molecule has 0 bridgehead atoms. The maximum atomic E-state index is 10.3. The summed E-state index contributed by atoms with van der Waals surface area (Å²) in [4.78, 5) is 15.6. The molecule has 0 aromatic rings. The van der Waals surface area contributed by atoms with Gasteiger partial charge in [0, 0.05) is 13.0 Å². The monoisotopic (exact) mass is 273 g/mol. The van der Waals surface area contributed by atoms with Crippen LogP contribution >= 0.6 is 0 Å². The van der Waals surface area contributed by atoms with Gasteiger partial charge in [-0.3, -0.25) is 15.0 Å². The summed E-state index contributed by atoms with van der Waals surface area (Å²) in [5.41, 5.74) is 5.41. The van der Waals surface area contributed by atoms with E-state index in [1.54, 1.807) is 0 Å². The molecule has 19 heavy (non-hydrogen) atoms. The highest BCUT2D eigenvalue weighted by atomic mass is 16.7. The van der Waals surface area contributed by atoms with Gasteiger partial charge in [0.1, 0.15) is 0 Å². The van der Waals surface area contributed by atoms with Crippen LogP contribution in [0.4, 0.5) is 0 Å². The van der Waals surface area contributed by atoms with Crippen LogP contribution in [-0.4, -0.2) is 35.3 Å². The lowest BCUT2D eigenvalue weighted by Gasteiger charge is -2.21. The molecule has 0 aliphatic carbocycles. The van der Waals surface area contributed by atoms with Crippen LogP contribution in [0, 0.1) is 5.41 Å². The molecule has 112 valence electrons. The molecule has 0 amide bonds. The molecule has 0 aromatic carbocycles. The van der Waals surface area contributed by atoms with Gasteiger partial charge in [-0.05, 0) is 12.8 Å². The van der Waals surface area contributed by atoms with E-state index in [1.165, 1.54) is 30.7 Å². The summed E-state index contributed by atoms with van der Waals surface area (Å²) >= 11 is 0. The van der Waals surface area contributed by atoms with E-state index in [9.17, 15) is 4.79 Å². The molecule has 0 saturated carbocycles. The fourth-order valence-electron chi connectivity index (χ4n) is 1.69. The minimum absolute atomic E-state index is 0.0722. The Morgan fingerprint density at radius 3 is 2.42 bits per heavy atom. The van der Waals surface area contributed by atoms with Crippen LogP contribution in [0.25, 0.3) is 0 Å². The number of hydroxylamine groups is 2. The highest BCUT2D eigenvalue weighted by molar-refractivity contribution is 5.73. The maximum Gasteiger partial charge on any atom is 0.303 e. The van der Waals surface area contributed by atoms with E-state index in [1.807, 2.05) is 0 Å². The summed E-state index contributed by atoms with van der Waals surface area (Å²) in [5.74, 6) is -0.960. The minimum atomic E-state index is -0.839. The molecule has 0 fully saturated rings. The number of nitrogens with zero attached hydrogens (tertiary/aromatic N) is 1. The van der Waals surface area contributed by atoms with Crippen LogP contribution in [0.5, 0.6) is 0 Å². The predicted octanol–water partition coefficient (Wildman–Crippen LogP) is 2.34. The average Bonchev–Trinajstić information content (AvgIpc) is 2.35. The average molecular weight is 273 g/mol. The molecule has 0 radical (unpaired) electrons. The highest BCUT2D eigenvalue weighted by Crippen LogP contribution is 2.06. The van der Waals surface area contributed by atoms with Gasteiger partial charge in [-0.1, -0.05) is 39.0 Å². The zero-order valence-electron chi connectivity index (χ0n) is 11.9. The van der Waals surface area contributed by atoms with E-state index < -0.39 is 5.97 Å². The standard InChI is InChI=1S/C13H27N3O3/c1-2-3-4-5-6-7-10-16(13(14)15)19-11-8-9-12(17)18/h2-11H2,1H3,(H3,14,15)(H,17,18). The number of unbranched alkanes of at least 4 members (excludes halogenated alkanes) is 5. The molecular formula is C13H27N3O3. The fourth-order valence-corrected chi connectivity index (χ4v) is 1.69. The van der Waals surface area contributed by atoms with Crippen LogP contribution in [0.1, 0.15) is 58.3 Å². The molecule has 0 heterocycles. The van der Waals surface area contributed by atoms with Crippen molar-refractivity contribution in [2.45, 2.75) is 58.3 Å². The third kappa shape index (κ3) is 11.5. The Kier molecular flexibility index (Phi) is 11.0. The second-order valence-corrected chi connectivity index (χ2v) is 4.59. The minimum Gasteiger partial charge on any atom is -0.481 e. The lowest BCUT2D eigenvalue weighted by molar-refractivity contribution is -0.139. The molecule has 0 saturated heterocycles. The normalized spacial score (nSPS) is 10.4. The van der Waals surface area contributed by atoms with E-state index >= 15 is 0 Å². The quantitative estimate of drug-likeness (QED) is 0.219. The number of carboxylic acids is 1. The van der Waals surface area contributed by atoms with Crippen molar-refractivity contribution in [1.82, 2.24) is 5.06 Å². The van der Waals surface area contributed by atoms with Crippen LogP contribution < -0.4 is 5.73 Å². The molecule has 0 rings (SSSR count). The Morgan fingerprint density at radius 2 is 1.84 bits per heavy atom. The number of aliphatic carboxylic acids is 1. The van der Waals surface area contributed by atoms with Crippen molar-refractivity contribution in [1.29, 1.82) is 5.41 Å². The van der Waals surface area contributed by atoms with Crippen molar-refractivity contribution in [3.8, 4) is 0 Å². The second kappa shape index (κ2) is 11.8. The van der Waals surface area contributed by atoms with E-state index in [0.29, 0.717) is 13.0 Å². The van der Waals surface area contributed by atoms with Gasteiger partial charge in [0.2, 0.25) is 5.96 Å². The molecule has 0 aliphatic rings. The van der Waals surface area contributed by atoms with Crippen molar-refractivity contribution in [2.24, 2.45) is 5.73 Å². The molecule has 0 unspecified atom stereocenters. The van der Waals surface area contributed by atoms with Gasteiger partial charge < -0.3 is 10.8 Å². The van der Waals surface area contributed by atoms with Crippen molar-refractivity contribution in [2.75, 3.05) is 13.2 Å². The van der Waals surface area contributed by atoms with E-state index in [-0.39, 0.29) is 19.0 Å². The van der Waals surface area contributed by atoms with Crippen molar-refractivity contribution in [3.63, 3.8) is 0 Å². The van der Waals surface area contributed by atoms with Gasteiger partial charge in [-0.2, -0.15) is 0 Å². The topological polar surface area (TPSA) is 99.6 Å². The lowest BCUT2D eigenvalue weighted by atomic mass is 10.1. The molecule has 0 spiro atoms. The Labute approximate surface area is 115 Å². The Balaban J connectivity index is 3.63. The summed E-state index contributed by atoms with van der Waals surface area (Å²) in [6, 6.07) is 0. The number of rotatable bonds is 12. The number of hydrogen-bond acceptors (Lipinski definition) is 3. The Hall–Kier alpha value is -1.30. The first-order chi connectivity index (χ1) is 9.07. The number of guanidine groups is 1. The van der Waals surface area contributed by atoms with Gasteiger partial charge in [0.15, 0.2) is 0 Å². The third-order valence-electron chi connectivity index (χ3n) is 2.77. The summed E-state index contributed by atoms with van der Waals surface area (Å²) in [5, 5.41) is 17.2. The number of carboxylic acid groups (broad SMARTS) is 1. The molecule has 6 heteroatoms. The van der Waals surface area contributed by atoms with Crippen molar-refractivity contribution >= 4 is 11.9 Å². The Bertz CT molecular complexity index is 260. The number of nitrogens with one attached hydrogen (secondary N) is 1. The SMILES string of the molecule is CCCCCCCCN(OCCCC(=O)O)C(=N)N. The fraction of sp³-hybridized carbons (Fsp3) is 0.846. The number of carbonyl (C=O) groups is 1. The van der Waals surface area contributed by atoms with E-state index in [0.717, 1.165) is 12.8 Å². The summed E-state index contributed by atoms with van der Waals surface area (Å²) in [6.07, 6.45) is 7.46. The number of nitrogens with two attached hydrogens (primary N) is 1. The highest BCUT2D eigenvalue weighted by Gasteiger charge is 2.07. The molecule has 0 aromatic heterocycles. The van der Waals surface area contributed by atoms with Crippen molar-refractivity contribution in [3.05, 3.63) is 0 Å². The van der Waals surface area contributed by atoms with Crippen LogP contribution in [0.2, 0.25) is 0 Å². The van der Waals surface area contributed by atoms with Gasteiger partial charge in [0.25, 0.3) is 0 Å². The van der Waals surface area contributed by atoms with Gasteiger partial charge >= 0.3 is 5.97 Å². The molecular weight excluding hydrogens is 246 g/mol. The zero-order valence-corrected chi connectivity index (χ0v) is 11.9. The predicted molar refractivity (Wildman–Crippen MR) is 74.8 cm³/mol. The molecule has 0 atom stereocenters. The zero-order chi connectivity index (χ0) is 14.5. The largest absolute Gasteiger partial charge is 0.481 e. The Morgan fingerprint density at radius 1 is 1.21 bits per heavy atom. The number of hydrogen-bond donors (Lipinski definition) is 3. The summed E-state index contributed by atoms with van der Waals surface area (Å²) < 4.78 is 0. The summed E-state index contributed by atoms with van der Waals surface area (Å²) in [7, 11) is 0. The smallest absolute Gasteiger partial charge is 0.303 e. The lowest BCUT2D eigenvalue weighted by Crippen LogP contribution is -2.37. The molecule has 0 aliphatic heterocycles. The second-order valence-electron chi connectivity index (χ2n) is 4.59. The summed E-state index contributed by atoms with van der Waals surface area (Å²) in [6.45, 7) is 3.05. The van der Waals surface area contributed by atoms with Crippen LogP contribution in [0.15, 0.2) is 0 Å². The molecule has 6 nitrogen and oxygen atoms in total. The molecule has 4 N–H and O–H groups in total. The first kappa shape index (κ1) is 17.7. The van der Waals surface area contributed by atoms with Crippen LogP contribution in [0.3, 0.4) is 0 Å². The van der Waals surface area contributed by atoms with E-state index in [2.05, 4.69) is 6.92 Å². The maximum absolute atomic E-state index is 10.3. The first-order valence-corrected chi connectivity index (χ1v) is 7.04. The van der Waals surface area contributed by atoms with Gasteiger partial charge in [-0.25, -0.2) is 5.06 Å². The van der Waals surface area contributed by atoms with Crippen molar-refractivity contribution < 1.29 is 14.7 Å². The third-order valence-corrected chi connectivity index (χ3v) is 2.77. The van der Waals surface area contributed by atoms with Crippen LogP contribution in [-0.2, 0) is 9.63 Å².